The molecule has 2 aliphatic rings. The number of nitrogens with one attached hydrogen (secondary N) is 1. The van der Waals surface area contributed by atoms with Gasteiger partial charge in [0.2, 0.25) is 0 Å². The maximum atomic E-state index is 5.70. The number of piperidine rings is 1. The maximum absolute atomic E-state index is 5.70. The summed E-state index contributed by atoms with van der Waals surface area (Å²) in [6.07, 6.45) is 2.69. The number of hydrogen-bond donors (Lipinski definition) is 1. The standard InChI is InChI=1S/C16H24N2O/c1-2-6-15(7-3-1)16-13-19-10-9-18(16)12-14-5-4-8-17-11-14/h1-3,6-7,14,16-17H,4-5,8-13H2. The fourth-order valence-electron chi connectivity index (χ4n) is 3.25. The second-order valence-electron chi connectivity index (χ2n) is 5.71. The van der Waals surface area contributed by atoms with Crippen LogP contribution in [0.25, 0.3) is 0 Å². The van der Waals surface area contributed by atoms with Crippen molar-refractivity contribution in [3.63, 3.8) is 0 Å². The molecule has 3 rings (SSSR count). The fourth-order valence-corrected chi connectivity index (χ4v) is 3.25. The highest BCUT2D eigenvalue weighted by Gasteiger charge is 2.27. The molecule has 2 atom stereocenters. The molecule has 3 nitrogen and oxygen atoms in total. The summed E-state index contributed by atoms with van der Waals surface area (Å²) in [5.74, 6) is 0.804. The molecule has 0 saturated carbocycles. The average Bonchev–Trinajstić information content (AvgIpc) is 2.50. The summed E-state index contributed by atoms with van der Waals surface area (Å²) in [6, 6.07) is 11.2. The summed E-state index contributed by atoms with van der Waals surface area (Å²) in [5, 5.41) is 3.52. The number of ether oxygens (including phenoxy) is 1. The Labute approximate surface area is 115 Å². The third kappa shape index (κ3) is 3.35. The Morgan fingerprint density at radius 2 is 2.16 bits per heavy atom. The minimum atomic E-state index is 0.442. The SMILES string of the molecule is c1ccc(C2COCCN2CC2CCCNC2)cc1. The monoisotopic (exact) mass is 260 g/mol. The zero-order valence-corrected chi connectivity index (χ0v) is 11.6. The van der Waals surface area contributed by atoms with Gasteiger partial charge in [-0.3, -0.25) is 4.90 Å². The summed E-state index contributed by atoms with van der Waals surface area (Å²) in [7, 11) is 0. The number of rotatable bonds is 3. The van der Waals surface area contributed by atoms with E-state index >= 15 is 0 Å². The van der Waals surface area contributed by atoms with Gasteiger partial charge in [0, 0.05) is 13.1 Å². The van der Waals surface area contributed by atoms with Crippen molar-refractivity contribution in [2.24, 2.45) is 5.92 Å². The Balaban J connectivity index is 1.66. The molecule has 0 radical (unpaired) electrons. The molecule has 2 saturated heterocycles. The van der Waals surface area contributed by atoms with Crippen LogP contribution in [0.2, 0.25) is 0 Å². The number of hydrogen-bond acceptors (Lipinski definition) is 3. The summed E-state index contributed by atoms with van der Waals surface area (Å²) in [6.45, 7) is 6.36. The molecule has 2 aliphatic heterocycles. The first-order valence-corrected chi connectivity index (χ1v) is 7.51. The minimum Gasteiger partial charge on any atom is -0.378 e. The van der Waals surface area contributed by atoms with Crippen LogP contribution in [0, 0.1) is 5.92 Å². The van der Waals surface area contributed by atoms with E-state index in [1.54, 1.807) is 0 Å². The van der Waals surface area contributed by atoms with Gasteiger partial charge >= 0.3 is 0 Å². The zero-order chi connectivity index (χ0) is 12.9. The van der Waals surface area contributed by atoms with Gasteiger partial charge in [-0.15, -0.1) is 0 Å². The second kappa shape index (κ2) is 6.51. The Morgan fingerprint density at radius 3 is 2.95 bits per heavy atom. The molecule has 0 aromatic heterocycles. The zero-order valence-electron chi connectivity index (χ0n) is 11.6. The van der Waals surface area contributed by atoms with Crippen LogP contribution < -0.4 is 5.32 Å². The van der Waals surface area contributed by atoms with E-state index in [1.165, 1.54) is 38.0 Å². The number of morpholine rings is 1. The lowest BCUT2D eigenvalue weighted by atomic mass is 9.97. The Bertz CT molecular complexity index is 376. The number of nitrogens with zero attached hydrogens (tertiary/aromatic N) is 1. The fraction of sp³-hybridized carbons (Fsp3) is 0.625. The molecule has 2 unspecified atom stereocenters. The van der Waals surface area contributed by atoms with E-state index in [9.17, 15) is 0 Å². The smallest absolute Gasteiger partial charge is 0.0664 e. The predicted octanol–water partition coefficient (Wildman–Crippen LogP) is 2.06. The van der Waals surface area contributed by atoms with Crippen molar-refractivity contribution in [3.05, 3.63) is 35.9 Å². The average molecular weight is 260 g/mol. The van der Waals surface area contributed by atoms with E-state index in [-0.39, 0.29) is 0 Å². The van der Waals surface area contributed by atoms with Crippen LogP contribution in [0.4, 0.5) is 0 Å². The maximum Gasteiger partial charge on any atom is 0.0664 e. The largest absolute Gasteiger partial charge is 0.378 e. The van der Waals surface area contributed by atoms with E-state index in [4.69, 9.17) is 4.74 Å². The first-order valence-electron chi connectivity index (χ1n) is 7.51. The van der Waals surface area contributed by atoms with E-state index in [2.05, 4.69) is 40.5 Å². The molecule has 0 aliphatic carbocycles. The van der Waals surface area contributed by atoms with Crippen LogP contribution in [-0.4, -0.2) is 44.3 Å². The quantitative estimate of drug-likeness (QED) is 0.900. The highest BCUT2D eigenvalue weighted by molar-refractivity contribution is 5.19. The van der Waals surface area contributed by atoms with Crippen molar-refractivity contribution in [2.75, 3.05) is 39.4 Å². The van der Waals surface area contributed by atoms with Gasteiger partial charge in [-0.25, -0.2) is 0 Å². The van der Waals surface area contributed by atoms with Crippen LogP contribution >= 0.6 is 0 Å². The highest BCUT2D eigenvalue weighted by Crippen LogP contribution is 2.26. The van der Waals surface area contributed by atoms with Crippen LogP contribution in [0.3, 0.4) is 0 Å². The molecular formula is C16H24N2O. The molecule has 19 heavy (non-hydrogen) atoms. The van der Waals surface area contributed by atoms with Crippen molar-refractivity contribution >= 4 is 0 Å². The van der Waals surface area contributed by atoms with Crippen molar-refractivity contribution in [2.45, 2.75) is 18.9 Å². The van der Waals surface area contributed by atoms with Gasteiger partial charge in [0.1, 0.15) is 0 Å². The Kier molecular flexibility index (Phi) is 4.49. The van der Waals surface area contributed by atoms with Crippen molar-refractivity contribution in [3.8, 4) is 0 Å². The Hall–Kier alpha value is -0.900. The highest BCUT2D eigenvalue weighted by atomic mass is 16.5. The van der Waals surface area contributed by atoms with Crippen molar-refractivity contribution in [1.29, 1.82) is 0 Å². The van der Waals surface area contributed by atoms with Gasteiger partial charge in [0.05, 0.1) is 19.3 Å². The molecular weight excluding hydrogens is 236 g/mol. The normalized spacial score (nSPS) is 29.3. The third-order valence-electron chi connectivity index (χ3n) is 4.32. The van der Waals surface area contributed by atoms with E-state index in [1.807, 2.05) is 0 Å². The van der Waals surface area contributed by atoms with Crippen LogP contribution in [0.5, 0.6) is 0 Å². The lowest BCUT2D eigenvalue weighted by Crippen LogP contribution is -2.45. The van der Waals surface area contributed by atoms with E-state index in [0.717, 1.165) is 25.7 Å². The lowest BCUT2D eigenvalue weighted by molar-refractivity contribution is -0.0168. The Morgan fingerprint density at radius 1 is 1.26 bits per heavy atom. The summed E-state index contributed by atoms with van der Waals surface area (Å²) < 4.78 is 5.70. The molecule has 1 aromatic carbocycles. The topological polar surface area (TPSA) is 24.5 Å². The van der Waals surface area contributed by atoms with Crippen molar-refractivity contribution < 1.29 is 4.74 Å². The third-order valence-corrected chi connectivity index (χ3v) is 4.32. The molecule has 2 heterocycles. The summed E-state index contributed by atoms with van der Waals surface area (Å²) >= 11 is 0. The molecule has 3 heteroatoms. The first-order chi connectivity index (χ1) is 9.43. The van der Waals surface area contributed by atoms with Gasteiger partial charge in [-0.05, 0) is 37.4 Å². The molecule has 0 spiro atoms. The summed E-state index contributed by atoms with van der Waals surface area (Å²) in [5.41, 5.74) is 1.39. The lowest BCUT2D eigenvalue weighted by Gasteiger charge is -2.39. The minimum absolute atomic E-state index is 0.442. The van der Waals surface area contributed by atoms with Crippen LogP contribution in [-0.2, 0) is 4.74 Å². The van der Waals surface area contributed by atoms with E-state index < -0.39 is 0 Å². The molecule has 1 N–H and O–H groups in total. The van der Waals surface area contributed by atoms with E-state index in [0.29, 0.717) is 6.04 Å². The molecule has 0 amide bonds. The predicted molar refractivity (Wildman–Crippen MR) is 77.2 cm³/mol. The van der Waals surface area contributed by atoms with Gasteiger partial charge in [-0.1, -0.05) is 30.3 Å². The number of benzene rings is 1. The van der Waals surface area contributed by atoms with Crippen LogP contribution in [0.15, 0.2) is 30.3 Å². The second-order valence-corrected chi connectivity index (χ2v) is 5.71. The van der Waals surface area contributed by atoms with Crippen LogP contribution in [0.1, 0.15) is 24.4 Å². The van der Waals surface area contributed by atoms with Gasteiger partial charge < -0.3 is 10.1 Å². The van der Waals surface area contributed by atoms with Crippen molar-refractivity contribution in [1.82, 2.24) is 10.2 Å². The summed E-state index contributed by atoms with van der Waals surface area (Å²) in [4.78, 5) is 2.62. The molecule has 0 bridgehead atoms. The molecule has 104 valence electrons. The molecule has 1 aromatic rings. The van der Waals surface area contributed by atoms with Gasteiger partial charge in [0.25, 0.3) is 0 Å². The van der Waals surface area contributed by atoms with Gasteiger partial charge in [-0.2, -0.15) is 0 Å². The first kappa shape index (κ1) is 13.1. The van der Waals surface area contributed by atoms with Gasteiger partial charge in [0.15, 0.2) is 0 Å². The molecule has 2 fully saturated rings.